The topological polar surface area (TPSA) is 87.0 Å². The maximum Gasteiger partial charge on any atom is 0.165 e. The molecule has 0 aliphatic heterocycles. The summed E-state index contributed by atoms with van der Waals surface area (Å²) in [5, 5.41) is 31.2. The molecule has 2 saturated carbocycles. The van der Waals surface area contributed by atoms with Crippen LogP contribution in [0.1, 0.15) is 79.6 Å². The van der Waals surface area contributed by atoms with E-state index in [2.05, 4.69) is 33.8 Å². The van der Waals surface area contributed by atoms with Crippen LogP contribution in [0.4, 0.5) is 0 Å². The molecule has 3 aliphatic rings. The van der Waals surface area contributed by atoms with Crippen LogP contribution in [0, 0.1) is 34.5 Å². The average molecular weight is 463 g/mol. The molecule has 3 N–H and O–H groups in total. The van der Waals surface area contributed by atoms with E-state index in [1.54, 1.807) is 13.2 Å². The number of aliphatic hydroxyl groups excluding tert-OH is 3. The van der Waals surface area contributed by atoms with Crippen LogP contribution in [-0.2, 0) is 9.53 Å². The second kappa shape index (κ2) is 10.3. The molecule has 188 valence electrons. The Morgan fingerprint density at radius 2 is 1.94 bits per heavy atom. The first-order chi connectivity index (χ1) is 15.5. The molecular weight excluding hydrogens is 416 g/mol. The van der Waals surface area contributed by atoms with Crippen LogP contribution in [0.15, 0.2) is 23.3 Å². The van der Waals surface area contributed by atoms with Crippen LogP contribution in [0.5, 0.6) is 0 Å². The number of hydrogen-bond donors (Lipinski definition) is 3. The first-order valence-corrected chi connectivity index (χ1v) is 12.9. The van der Waals surface area contributed by atoms with Crippen molar-refractivity contribution in [1.29, 1.82) is 0 Å². The molecular formula is C28H46O5. The summed E-state index contributed by atoms with van der Waals surface area (Å²) in [6, 6.07) is 0. The number of ether oxygens (including phenoxy) is 1. The molecule has 0 heterocycles. The average Bonchev–Trinajstić information content (AvgIpc) is 3.08. The van der Waals surface area contributed by atoms with Crippen molar-refractivity contribution in [2.24, 2.45) is 34.5 Å². The fraction of sp³-hybridized carbons (Fsp3) is 0.821. The van der Waals surface area contributed by atoms with Crippen molar-refractivity contribution in [3.8, 4) is 0 Å². The normalized spacial score (nSPS) is 40.7. The summed E-state index contributed by atoms with van der Waals surface area (Å²) in [4.78, 5) is 13.9. The van der Waals surface area contributed by atoms with Crippen molar-refractivity contribution in [3.63, 3.8) is 0 Å². The van der Waals surface area contributed by atoms with E-state index in [-0.39, 0.29) is 41.7 Å². The molecule has 3 aliphatic carbocycles. The van der Waals surface area contributed by atoms with E-state index in [4.69, 9.17) is 4.74 Å². The number of allylic oxidation sites excluding steroid dienone is 2. The number of aliphatic hydroxyl groups is 3. The lowest BCUT2D eigenvalue weighted by Gasteiger charge is -2.49. The van der Waals surface area contributed by atoms with E-state index in [0.717, 1.165) is 24.8 Å². The molecule has 3 rings (SSSR count). The second-order valence-electron chi connectivity index (χ2n) is 11.9. The summed E-state index contributed by atoms with van der Waals surface area (Å²) < 4.78 is 5.73. The van der Waals surface area contributed by atoms with Crippen LogP contribution in [0.3, 0.4) is 0 Å². The Labute approximate surface area is 200 Å². The molecule has 0 unspecified atom stereocenters. The summed E-state index contributed by atoms with van der Waals surface area (Å²) in [6.45, 7) is 10.8. The largest absolute Gasteiger partial charge is 0.396 e. The van der Waals surface area contributed by atoms with Crippen LogP contribution < -0.4 is 0 Å². The van der Waals surface area contributed by atoms with E-state index < -0.39 is 17.6 Å². The van der Waals surface area contributed by atoms with Gasteiger partial charge in [-0.15, -0.1) is 0 Å². The smallest absolute Gasteiger partial charge is 0.165 e. The summed E-state index contributed by atoms with van der Waals surface area (Å²) in [5.74, 6) is 0.725. The highest BCUT2D eigenvalue weighted by molar-refractivity contribution is 6.01. The molecule has 2 fully saturated rings. The van der Waals surface area contributed by atoms with E-state index in [9.17, 15) is 20.1 Å². The lowest BCUT2D eigenvalue weighted by atomic mass is 9.55. The molecule has 0 amide bonds. The lowest BCUT2D eigenvalue weighted by molar-refractivity contribution is -0.138. The zero-order valence-electron chi connectivity index (χ0n) is 21.5. The number of Topliss-reactive ketones (excluding diaryl/α,β-unsaturated/α-hetero) is 1. The SMILES string of the molecule is CO[C@H](/C=C(\C)[C@H]1CC[C@@H](C2=C[C@H](O)[C@H]3C[C@@H](O)CC[C@]3(C)C2=O)[C@]1(C)CCO)CC(C)C. The number of fused-ring (bicyclic) bond motifs is 1. The molecule has 0 radical (unpaired) electrons. The van der Waals surface area contributed by atoms with Crippen molar-refractivity contribution in [2.45, 2.75) is 97.9 Å². The van der Waals surface area contributed by atoms with Gasteiger partial charge in [0.1, 0.15) is 0 Å². The molecule has 33 heavy (non-hydrogen) atoms. The highest BCUT2D eigenvalue weighted by Gasteiger charge is 2.56. The number of methoxy groups -OCH3 is 1. The van der Waals surface area contributed by atoms with Crippen molar-refractivity contribution in [1.82, 2.24) is 0 Å². The molecule has 0 aromatic carbocycles. The van der Waals surface area contributed by atoms with Gasteiger partial charge in [0.2, 0.25) is 0 Å². The van der Waals surface area contributed by atoms with Crippen molar-refractivity contribution < 1.29 is 24.9 Å². The zero-order valence-corrected chi connectivity index (χ0v) is 21.5. The summed E-state index contributed by atoms with van der Waals surface area (Å²) in [6.07, 6.45) is 8.06. The third-order valence-corrected chi connectivity index (χ3v) is 9.25. The predicted molar refractivity (Wildman–Crippen MR) is 131 cm³/mol. The maximum atomic E-state index is 13.9. The van der Waals surface area contributed by atoms with E-state index >= 15 is 0 Å². The van der Waals surface area contributed by atoms with Crippen LogP contribution in [-0.4, -0.2) is 53.1 Å². The first kappa shape index (κ1) is 26.6. The molecule has 5 nitrogen and oxygen atoms in total. The molecule has 0 bridgehead atoms. The monoisotopic (exact) mass is 462 g/mol. The van der Waals surface area contributed by atoms with Crippen LogP contribution >= 0.6 is 0 Å². The second-order valence-corrected chi connectivity index (χ2v) is 11.9. The standard InChI is InChI=1S/C28H46O5/c1-17(2)13-20(33-6)14-18(3)22-7-8-23(27(22,4)11-12-29)21-16-25(31)24-15-19(30)9-10-28(24,5)26(21)32/h14,16-17,19-20,22-25,29-31H,7-13,15H2,1-6H3/b18-14+/t19-,20-,22+,23-,24+,25-,27+,28-/m0/s1. The van der Waals surface area contributed by atoms with Gasteiger partial charge in [-0.05, 0) is 86.7 Å². The molecule has 5 heteroatoms. The molecule has 0 aromatic heterocycles. The van der Waals surface area contributed by atoms with Crippen LogP contribution in [0.25, 0.3) is 0 Å². The number of carbonyl (C=O) groups excluding carboxylic acids is 1. The Balaban J connectivity index is 1.94. The Kier molecular flexibility index (Phi) is 8.31. The van der Waals surface area contributed by atoms with Gasteiger partial charge in [0.15, 0.2) is 5.78 Å². The third kappa shape index (κ3) is 5.03. The minimum atomic E-state index is -0.712. The van der Waals surface area contributed by atoms with Gasteiger partial charge in [-0.2, -0.15) is 0 Å². The Hall–Kier alpha value is -1.01. The minimum absolute atomic E-state index is 0.0101. The molecule has 0 spiro atoms. The van der Waals surface area contributed by atoms with Gasteiger partial charge in [-0.1, -0.05) is 39.3 Å². The summed E-state index contributed by atoms with van der Waals surface area (Å²) >= 11 is 0. The van der Waals surface area contributed by atoms with Crippen molar-refractivity contribution >= 4 is 5.78 Å². The van der Waals surface area contributed by atoms with E-state index in [0.29, 0.717) is 31.6 Å². The molecule has 0 saturated heterocycles. The highest BCUT2D eigenvalue weighted by Crippen LogP contribution is 2.59. The van der Waals surface area contributed by atoms with Gasteiger partial charge >= 0.3 is 0 Å². The quantitative estimate of drug-likeness (QED) is 0.464. The van der Waals surface area contributed by atoms with E-state index in [1.807, 2.05) is 6.92 Å². The number of hydrogen-bond acceptors (Lipinski definition) is 5. The van der Waals surface area contributed by atoms with Gasteiger partial charge in [0, 0.05) is 25.0 Å². The number of rotatable bonds is 8. The predicted octanol–water partition coefficient (Wildman–Crippen LogP) is 4.45. The number of carbonyl (C=O) groups is 1. The highest BCUT2D eigenvalue weighted by atomic mass is 16.5. The molecule has 8 atom stereocenters. The summed E-state index contributed by atoms with van der Waals surface area (Å²) in [5.41, 5.74) is 1.15. The minimum Gasteiger partial charge on any atom is -0.396 e. The maximum absolute atomic E-state index is 13.9. The van der Waals surface area contributed by atoms with Gasteiger partial charge in [0.25, 0.3) is 0 Å². The number of ketones is 1. The summed E-state index contributed by atoms with van der Waals surface area (Å²) in [7, 11) is 1.76. The van der Waals surface area contributed by atoms with Crippen molar-refractivity contribution in [2.75, 3.05) is 13.7 Å². The Bertz CT molecular complexity index is 770. The Morgan fingerprint density at radius 3 is 2.55 bits per heavy atom. The molecule has 0 aromatic rings. The fourth-order valence-corrected chi connectivity index (χ4v) is 7.29. The van der Waals surface area contributed by atoms with Gasteiger partial charge in [-0.25, -0.2) is 0 Å². The third-order valence-electron chi connectivity index (χ3n) is 9.25. The first-order valence-electron chi connectivity index (χ1n) is 12.9. The lowest BCUT2D eigenvalue weighted by Crippen LogP contribution is -2.52. The van der Waals surface area contributed by atoms with Gasteiger partial charge in [-0.3, -0.25) is 4.79 Å². The van der Waals surface area contributed by atoms with Crippen LogP contribution in [0.2, 0.25) is 0 Å². The van der Waals surface area contributed by atoms with E-state index in [1.165, 1.54) is 5.57 Å². The Morgan fingerprint density at radius 1 is 1.24 bits per heavy atom. The fourth-order valence-electron chi connectivity index (χ4n) is 7.29. The van der Waals surface area contributed by atoms with Gasteiger partial charge < -0.3 is 20.1 Å². The van der Waals surface area contributed by atoms with Gasteiger partial charge in [0.05, 0.1) is 18.3 Å². The van der Waals surface area contributed by atoms with Crippen molar-refractivity contribution in [3.05, 3.63) is 23.3 Å². The zero-order chi connectivity index (χ0) is 24.6.